The zero-order chi connectivity index (χ0) is 18.1. The van der Waals surface area contributed by atoms with Gasteiger partial charge in [-0.05, 0) is 25.0 Å². The van der Waals surface area contributed by atoms with E-state index in [9.17, 15) is 14.4 Å². The number of rotatable bonds is 5. The van der Waals surface area contributed by atoms with Crippen molar-refractivity contribution in [2.45, 2.75) is 32.3 Å². The molecule has 2 aromatic rings. The summed E-state index contributed by atoms with van der Waals surface area (Å²) in [7, 11) is 0. The van der Waals surface area contributed by atoms with Gasteiger partial charge in [0.25, 0.3) is 11.8 Å². The number of likely N-dealkylation sites (tertiary alicyclic amines) is 1. The first-order chi connectivity index (χ1) is 12.6. The molecule has 1 aliphatic heterocycles. The molecule has 2 atom stereocenters. The molecule has 0 radical (unpaired) electrons. The van der Waals surface area contributed by atoms with Gasteiger partial charge in [-0.3, -0.25) is 19.3 Å². The second kappa shape index (κ2) is 6.74. The number of ether oxygens (including phenoxy) is 1. The fraction of sp³-hybridized carbons (Fsp3) is 0.471. The van der Waals surface area contributed by atoms with E-state index in [1.807, 2.05) is 0 Å². The number of imide groups is 1. The van der Waals surface area contributed by atoms with Crippen LogP contribution >= 0.6 is 0 Å². The predicted octanol–water partition coefficient (Wildman–Crippen LogP) is 1.55. The van der Waals surface area contributed by atoms with E-state index < -0.39 is 5.97 Å². The number of carbonyl (C=O) groups is 3. The van der Waals surface area contributed by atoms with Crippen LogP contribution in [0.1, 0.15) is 31.6 Å². The van der Waals surface area contributed by atoms with E-state index in [2.05, 4.69) is 10.2 Å². The topological polar surface area (TPSA) is 116 Å². The first-order valence-corrected chi connectivity index (χ1v) is 8.50. The van der Waals surface area contributed by atoms with Gasteiger partial charge in [-0.1, -0.05) is 12.8 Å². The summed E-state index contributed by atoms with van der Waals surface area (Å²) in [6.07, 6.45) is 4.76. The van der Waals surface area contributed by atoms with E-state index in [0.29, 0.717) is 18.6 Å². The molecule has 0 aromatic carbocycles. The van der Waals surface area contributed by atoms with Crippen molar-refractivity contribution < 1.29 is 28.0 Å². The summed E-state index contributed by atoms with van der Waals surface area (Å²) in [6.45, 7) is -0.626. The molecule has 9 heteroatoms. The van der Waals surface area contributed by atoms with Gasteiger partial charge in [0, 0.05) is 0 Å². The summed E-state index contributed by atoms with van der Waals surface area (Å²) in [5, 5.41) is 7.56. The van der Waals surface area contributed by atoms with Gasteiger partial charge in [0.2, 0.25) is 11.8 Å². The lowest BCUT2D eigenvalue weighted by Gasteiger charge is -2.19. The first-order valence-electron chi connectivity index (χ1n) is 8.50. The summed E-state index contributed by atoms with van der Waals surface area (Å²) in [6, 6.07) is 3.34. The molecule has 2 amide bonds. The van der Waals surface area contributed by atoms with Crippen molar-refractivity contribution in [3.8, 4) is 11.7 Å². The third-order valence-electron chi connectivity index (χ3n) is 4.78. The Morgan fingerprint density at radius 3 is 2.58 bits per heavy atom. The average molecular weight is 359 g/mol. The molecular weight excluding hydrogens is 342 g/mol. The Morgan fingerprint density at radius 1 is 1.19 bits per heavy atom. The Morgan fingerprint density at radius 2 is 1.92 bits per heavy atom. The maximum Gasteiger partial charge on any atom is 0.326 e. The standard InChI is InChI=1S/C17H17N3O6/c21-14(8-20-16(22)10-4-1-2-5-11(10)17(20)23)25-9-13-18-19-15(26-13)12-6-3-7-24-12/h3,6-7,10-11H,1-2,4-5,8-9H2/t10-,11-/m0/s1. The predicted molar refractivity (Wildman–Crippen MR) is 84.0 cm³/mol. The monoisotopic (exact) mass is 359 g/mol. The lowest BCUT2D eigenvalue weighted by atomic mass is 9.81. The van der Waals surface area contributed by atoms with Gasteiger partial charge in [0.15, 0.2) is 12.4 Å². The summed E-state index contributed by atoms with van der Waals surface area (Å²) >= 11 is 0. The fourth-order valence-corrected chi connectivity index (χ4v) is 3.52. The fourth-order valence-electron chi connectivity index (χ4n) is 3.52. The molecule has 4 rings (SSSR count). The van der Waals surface area contributed by atoms with Crippen molar-refractivity contribution >= 4 is 17.8 Å². The summed E-state index contributed by atoms with van der Waals surface area (Å²) in [4.78, 5) is 37.7. The zero-order valence-electron chi connectivity index (χ0n) is 13.9. The average Bonchev–Trinajstić information content (AvgIpc) is 3.38. The van der Waals surface area contributed by atoms with Gasteiger partial charge in [-0.2, -0.15) is 0 Å². The number of fused-ring (bicyclic) bond motifs is 1. The molecule has 3 heterocycles. The molecule has 0 bridgehead atoms. The Hall–Kier alpha value is -2.97. The van der Waals surface area contributed by atoms with Crippen molar-refractivity contribution in [1.82, 2.24) is 15.1 Å². The Kier molecular flexibility index (Phi) is 4.27. The van der Waals surface area contributed by atoms with Crippen LogP contribution in [0, 0.1) is 11.8 Å². The van der Waals surface area contributed by atoms with E-state index in [1.54, 1.807) is 12.1 Å². The first kappa shape index (κ1) is 16.5. The van der Waals surface area contributed by atoms with Gasteiger partial charge in [-0.15, -0.1) is 10.2 Å². The number of aromatic nitrogens is 2. The van der Waals surface area contributed by atoms with Crippen LogP contribution < -0.4 is 0 Å². The molecule has 9 nitrogen and oxygen atoms in total. The van der Waals surface area contributed by atoms with E-state index >= 15 is 0 Å². The molecule has 1 saturated carbocycles. The molecule has 0 unspecified atom stereocenters. The SMILES string of the molecule is O=C(CN1C(=O)[C@H]2CCCC[C@@H]2C1=O)OCc1nnc(-c2ccco2)o1. The minimum atomic E-state index is -0.692. The molecular formula is C17H17N3O6. The summed E-state index contributed by atoms with van der Waals surface area (Å²) in [5.74, 6) is -1.11. The highest BCUT2D eigenvalue weighted by molar-refractivity contribution is 6.07. The van der Waals surface area contributed by atoms with Gasteiger partial charge in [0.1, 0.15) is 6.54 Å². The van der Waals surface area contributed by atoms with E-state index in [1.165, 1.54) is 6.26 Å². The molecule has 136 valence electrons. The minimum absolute atomic E-state index is 0.0949. The highest BCUT2D eigenvalue weighted by Crippen LogP contribution is 2.37. The van der Waals surface area contributed by atoms with Crippen molar-refractivity contribution in [1.29, 1.82) is 0 Å². The Bertz CT molecular complexity index is 803. The second-order valence-electron chi connectivity index (χ2n) is 6.40. The van der Waals surface area contributed by atoms with Crippen LogP contribution in [-0.2, 0) is 25.7 Å². The molecule has 1 saturated heterocycles. The van der Waals surface area contributed by atoms with E-state index in [-0.39, 0.29) is 48.6 Å². The van der Waals surface area contributed by atoms with Crippen LogP contribution in [0.25, 0.3) is 11.7 Å². The van der Waals surface area contributed by atoms with Crippen LogP contribution in [0.5, 0.6) is 0 Å². The van der Waals surface area contributed by atoms with Crippen LogP contribution in [0.3, 0.4) is 0 Å². The minimum Gasteiger partial charge on any atom is -0.459 e. The number of carbonyl (C=O) groups excluding carboxylic acids is 3. The summed E-state index contributed by atoms with van der Waals surface area (Å²) < 4.78 is 15.5. The second-order valence-corrected chi connectivity index (χ2v) is 6.40. The van der Waals surface area contributed by atoms with E-state index in [4.69, 9.17) is 13.6 Å². The number of nitrogens with zero attached hydrogens (tertiary/aromatic N) is 3. The van der Waals surface area contributed by atoms with Crippen molar-refractivity contribution in [3.63, 3.8) is 0 Å². The quantitative estimate of drug-likeness (QED) is 0.583. The zero-order valence-corrected chi connectivity index (χ0v) is 13.9. The normalized spacial score (nSPS) is 22.5. The number of amides is 2. The van der Waals surface area contributed by atoms with Crippen molar-refractivity contribution in [2.24, 2.45) is 11.8 Å². The van der Waals surface area contributed by atoms with Gasteiger partial charge in [0.05, 0.1) is 18.1 Å². The Labute approximate surface area is 148 Å². The number of furan rings is 1. The molecule has 26 heavy (non-hydrogen) atoms. The molecule has 0 N–H and O–H groups in total. The maximum atomic E-state index is 12.3. The van der Waals surface area contributed by atoms with Crippen LogP contribution in [0.4, 0.5) is 0 Å². The van der Waals surface area contributed by atoms with Gasteiger partial charge >= 0.3 is 5.97 Å². The number of hydrogen-bond acceptors (Lipinski definition) is 8. The van der Waals surface area contributed by atoms with Crippen LogP contribution in [0.2, 0.25) is 0 Å². The van der Waals surface area contributed by atoms with E-state index in [0.717, 1.165) is 17.7 Å². The third-order valence-corrected chi connectivity index (χ3v) is 4.78. The van der Waals surface area contributed by atoms with Gasteiger partial charge < -0.3 is 13.6 Å². The molecule has 2 aromatic heterocycles. The summed E-state index contributed by atoms with van der Waals surface area (Å²) in [5.41, 5.74) is 0. The number of esters is 1. The van der Waals surface area contributed by atoms with Crippen molar-refractivity contribution in [2.75, 3.05) is 6.54 Å². The lowest BCUT2D eigenvalue weighted by molar-refractivity contribution is -0.154. The highest BCUT2D eigenvalue weighted by atomic mass is 16.5. The van der Waals surface area contributed by atoms with Crippen LogP contribution in [0.15, 0.2) is 27.2 Å². The Balaban J connectivity index is 1.33. The number of hydrogen-bond donors (Lipinski definition) is 0. The van der Waals surface area contributed by atoms with Gasteiger partial charge in [-0.25, -0.2) is 0 Å². The van der Waals surface area contributed by atoms with Crippen LogP contribution in [-0.4, -0.2) is 39.4 Å². The molecule has 2 fully saturated rings. The lowest BCUT2D eigenvalue weighted by Crippen LogP contribution is -2.36. The molecule has 0 spiro atoms. The third kappa shape index (κ3) is 3.00. The maximum absolute atomic E-state index is 12.3. The van der Waals surface area contributed by atoms with Crippen molar-refractivity contribution in [3.05, 3.63) is 24.3 Å². The molecule has 2 aliphatic rings. The smallest absolute Gasteiger partial charge is 0.326 e. The highest BCUT2D eigenvalue weighted by Gasteiger charge is 2.48. The largest absolute Gasteiger partial charge is 0.459 e. The molecule has 1 aliphatic carbocycles.